The van der Waals surface area contributed by atoms with Crippen molar-refractivity contribution >= 4 is 75.7 Å². The molecule has 1 aromatic heterocycles. The predicted octanol–water partition coefficient (Wildman–Crippen LogP) is 13.6. The smallest absolute Gasteiger partial charge is 0.0547 e. The fourth-order valence-electron chi connectivity index (χ4n) is 8.49. The molecule has 0 spiro atoms. The molecular formula is C49H31N. The van der Waals surface area contributed by atoms with Gasteiger partial charge in [-0.3, -0.25) is 0 Å². The Labute approximate surface area is 289 Å². The van der Waals surface area contributed by atoms with Gasteiger partial charge in [0.05, 0.1) is 11.0 Å². The molecule has 0 unspecified atom stereocenters. The largest absolute Gasteiger partial charge is 0.309 e. The Kier molecular flexibility index (Phi) is 5.66. The number of benzene rings is 10. The lowest BCUT2D eigenvalue weighted by Crippen LogP contribution is -1.94. The lowest BCUT2D eigenvalue weighted by Gasteiger charge is -2.17. The van der Waals surface area contributed by atoms with Crippen LogP contribution in [0.4, 0.5) is 0 Å². The Morgan fingerprint density at radius 2 is 0.760 bits per heavy atom. The van der Waals surface area contributed by atoms with E-state index in [0.717, 1.165) is 0 Å². The minimum Gasteiger partial charge on any atom is -0.309 e. The van der Waals surface area contributed by atoms with Gasteiger partial charge in [0, 0.05) is 16.5 Å². The Hall–Kier alpha value is -6.44. The van der Waals surface area contributed by atoms with E-state index in [9.17, 15) is 0 Å². The highest BCUT2D eigenvalue weighted by Crippen LogP contribution is 2.43. The number of rotatable bonds is 3. The SMILES string of the molecule is Cc1ccc(-c2ccc3ccc4c(-c5ccc(-n6c7cc8ccccc8cc7c7cc8ccccc8cc76)cc5)ccc5ccc2c3c54)cc1. The Morgan fingerprint density at radius 3 is 1.24 bits per heavy atom. The van der Waals surface area contributed by atoms with Gasteiger partial charge in [-0.05, 0) is 119 Å². The zero-order chi connectivity index (χ0) is 32.9. The molecule has 0 fully saturated rings. The number of hydrogen-bond donors (Lipinski definition) is 0. The summed E-state index contributed by atoms with van der Waals surface area (Å²) in [7, 11) is 0. The van der Waals surface area contributed by atoms with Crippen molar-refractivity contribution in [1.82, 2.24) is 4.57 Å². The molecule has 1 heteroatoms. The number of aryl methyl sites for hydroxylation is 1. The van der Waals surface area contributed by atoms with Crippen molar-refractivity contribution in [3.8, 4) is 27.9 Å². The van der Waals surface area contributed by atoms with Gasteiger partial charge in [0.1, 0.15) is 0 Å². The summed E-state index contributed by atoms with van der Waals surface area (Å²) in [6, 6.07) is 63.3. The van der Waals surface area contributed by atoms with E-state index in [0.29, 0.717) is 0 Å². The Bertz CT molecular complexity index is 3030. The molecule has 1 nitrogen and oxygen atoms in total. The molecule has 0 aliphatic heterocycles. The molecule has 0 saturated heterocycles. The average molecular weight is 634 g/mol. The zero-order valence-corrected chi connectivity index (χ0v) is 27.6. The van der Waals surface area contributed by atoms with Crippen molar-refractivity contribution < 1.29 is 0 Å². The Morgan fingerprint density at radius 1 is 0.340 bits per heavy atom. The van der Waals surface area contributed by atoms with Gasteiger partial charge in [-0.2, -0.15) is 0 Å². The quantitative estimate of drug-likeness (QED) is 0.171. The summed E-state index contributed by atoms with van der Waals surface area (Å²) in [5, 5.41) is 15.5. The van der Waals surface area contributed by atoms with E-state index in [1.54, 1.807) is 0 Å². The van der Waals surface area contributed by atoms with Gasteiger partial charge < -0.3 is 4.57 Å². The molecule has 11 rings (SSSR count). The van der Waals surface area contributed by atoms with Gasteiger partial charge >= 0.3 is 0 Å². The third kappa shape index (κ3) is 3.95. The lowest BCUT2D eigenvalue weighted by molar-refractivity contribution is 1.18. The second-order valence-corrected chi connectivity index (χ2v) is 13.8. The van der Waals surface area contributed by atoms with E-state index in [1.165, 1.54) is 109 Å². The van der Waals surface area contributed by atoms with Crippen molar-refractivity contribution in [2.24, 2.45) is 0 Å². The molecule has 0 atom stereocenters. The predicted molar refractivity (Wildman–Crippen MR) is 215 cm³/mol. The summed E-state index contributed by atoms with van der Waals surface area (Å²) in [6.07, 6.45) is 0. The van der Waals surface area contributed by atoms with Crippen LogP contribution in [0.25, 0.3) is 104 Å². The standard InChI is InChI=1S/C49H31N/c1-30-10-12-31(13-11-30)40-22-16-33-19-25-43-41(23-17-34-18-24-42(40)48(33)49(34)43)32-14-20-39(21-15-32)50-46-28-37-8-4-2-6-35(37)26-44(46)45-27-36-7-3-5-9-38(36)29-47(45)50/h2-29H,1H3. The molecule has 10 aromatic carbocycles. The third-order valence-electron chi connectivity index (χ3n) is 11.0. The molecule has 0 amide bonds. The first-order valence-corrected chi connectivity index (χ1v) is 17.4. The lowest BCUT2D eigenvalue weighted by atomic mass is 9.87. The topological polar surface area (TPSA) is 4.93 Å². The van der Waals surface area contributed by atoms with Crippen molar-refractivity contribution in [3.05, 3.63) is 175 Å². The van der Waals surface area contributed by atoms with Gasteiger partial charge in [0.15, 0.2) is 0 Å². The molecule has 0 aliphatic carbocycles. The highest BCUT2D eigenvalue weighted by Gasteiger charge is 2.17. The maximum absolute atomic E-state index is 2.45. The number of nitrogens with zero attached hydrogens (tertiary/aromatic N) is 1. The second-order valence-electron chi connectivity index (χ2n) is 13.8. The first-order chi connectivity index (χ1) is 24.7. The zero-order valence-electron chi connectivity index (χ0n) is 27.6. The highest BCUT2D eigenvalue weighted by atomic mass is 15.0. The molecule has 0 bridgehead atoms. The minimum absolute atomic E-state index is 1.17. The van der Waals surface area contributed by atoms with E-state index in [1.807, 2.05) is 0 Å². The molecule has 0 aliphatic rings. The summed E-state index contributed by atoms with van der Waals surface area (Å²) < 4.78 is 2.45. The van der Waals surface area contributed by atoms with Crippen LogP contribution in [0.1, 0.15) is 5.56 Å². The van der Waals surface area contributed by atoms with E-state index in [-0.39, 0.29) is 0 Å². The first-order valence-electron chi connectivity index (χ1n) is 17.4. The number of aromatic nitrogens is 1. The summed E-state index contributed by atoms with van der Waals surface area (Å²) in [5.74, 6) is 0. The van der Waals surface area contributed by atoms with Crippen LogP contribution in [-0.2, 0) is 0 Å². The summed E-state index contributed by atoms with van der Waals surface area (Å²) in [4.78, 5) is 0. The van der Waals surface area contributed by atoms with Gasteiger partial charge in [0.25, 0.3) is 0 Å². The van der Waals surface area contributed by atoms with E-state index in [4.69, 9.17) is 0 Å². The van der Waals surface area contributed by atoms with E-state index >= 15 is 0 Å². The molecule has 50 heavy (non-hydrogen) atoms. The van der Waals surface area contributed by atoms with Crippen LogP contribution >= 0.6 is 0 Å². The van der Waals surface area contributed by atoms with Crippen molar-refractivity contribution in [2.75, 3.05) is 0 Å². The van der Waals surface area contributed by atoms with Gasteiger partial charge in [0.2, 0.25) is 0 Å². The van der Waals surface area contributed by atoms with E-state index in [2.05, 4.69) is 181 Å². The van der Waals surface area contributed by atoms with Crippen molar-refractivity contribution in [3.63, 3.8) is 0 Å². The summed E-state index contributed by atoms with van der Waals surface area (Å²) in [6.45, 7) is 2.15. The molecule has 0 N–H and O–H groups in total. The minimum atomic E-state index is 1.17. The highest BCUT2D eigenvalue weighted by molar-refractivity contribution is 6.27. The maximum Gasteiger partial charge on any atom is 0.0547 e. The molecule has 0 radical (unpaired) electrons. The molecule has 0 saturated carbocycles. The number of fused-ring (bicyclic) bond motifs is 5. The van der Waals surface area contributed by atoms with Crippen LogP contribution in [-0.4, -0.2) is 4.57 Å². The van der Waals surface area contributed by atoms with Crippen LogP contribution < -0.4 is 0 Å². The average Bonchev–Trinajstić information content (AvgIpc) is 3.47. The van der Waals surface area contributed by atoms with Crippen molar-refractivity contribution in [2.45, 2.75) is 6.92 Å². The molecule has 232 valence electrons. The summed E-state index contributed by atoms with van der Waals surface area (Å²) >= 11 is 0. The first kappa shape index (κ1) is 27.5. The Balaban J connectivity index is 1.11. The van der Waals surface area contributed by atoms with Crippen LogP contribution in [0.15, 0.2) is 170 Å². The fourth-order valence-corrected chi connectivity index (χ4v) is 8.49. The monoisotopic (exact) mass is 633 g/mol. The molecule has 11 aromatic rings. The van der Waals surface area contributed by atoms with Crippen LogP contribution in [0, 0.1) is 6.92 Å². The summed E-state index contributed by atoms with van der Waals surface area (Å²) in [5.41, 5.74) is 9.94. The van der Waals surface area contributed by atoms with Crippen molar-refractivity contribution in [1.29, 1.82) is 0 Å². The maximum atomic E-state index is 2.45. The normalized spacial score (nSPS) is 12.1. The fraction of sp³-hybridized carbons (Fsp3) is 0.0204. The van der Waals surface area contributed by atoms with Crippen LogP contribution in [0.5, 0.6) is 0 Å². The molecule has 1 heterocycles. The van der Waals surface area contributed by atoms with Crippen LogP contribution in [0.2, 0.25) is 0 Å². The van der Waals surface area contributed by atoms with Gasteiger partial charge in [-0.25, -0.2) is 0 Å². The second kappa shape index (κ2) is 10.3. The molecular weight excluding hydrogens is 603 g/mol. The van der Waals surface area contributed by atoms with Crippen LogP contribution in [0.3, 0.4) is 0 Å². The third-order valence-corrected chi connectivity index (χ3v) is 11.0. The number of hydrogen-bond acceptors (Lipinski definition) is 0. The van der Waals surface area contributed by atoms with Gasteiger partial charge in [-0.1, -0.05) is 139 Å². The van der Waals surface area contributed by atoms with Gasteiger partial charge in [-0.15, -0.1) is 0 Å². The van der Waals surface area contributed by atoms with E-state index < -0.39 is 0 Å².